The monoisotopic (exact) mass is 526 g/mol. The van der Waals surface area contributed by atoms with Crippen molar-refractivity contribution in [3.8, 4) is 22.6 Å². The third-order valence-electron chi connectivity index (χ3n) is 6.74. The molecule has 0 spiro atoms. The second kappa shape index (κ2) is 13.2. The summed E-state index contributed by atoms with van der Waals surface area (Å²) >= 11 is 0. The van der Waals surface area contributed by atoms with E-state index >= 15 is 0 Å². The van der Waals surface area contributed by atoms with Crippen LogP contribution in [-0.2, 0) is 27.2 Å². The number of benzene rings is 2. The Kier molecular flexibility index (Phi) is 10.1. The van der Waals surface area contributed by atoms with Crippen LogP contribution in [0.15, 0.2) is 36.4 Å². The van der Waals surface area contributed by atoms with Gasteiger partial charge >= 0.3 is 0 Å². The number of hydrogen-bond donors (Lipinski definition) is 7. The molecule has 3 rings (SSSR count). The zero-order valence-electron chi connectivity index (χ0n) is 21.7. The third-order valence-corrected chi connectivity index (χ3v) is 6.74. The minimum atomic E-state index is -1.04. The highest BCUT2D eigenvalue weighted by Crippen LogP contribution is 2.31. The van der Waals surface area contributed by atoms with E-state index in [2.05, 4.69) is 10.6 Å². The number of amides is 3. The smallest absolute Gasteiger partial charge is 0.245 e. The van der Waals surface area contributed by atoms with Crippen LogP contribution in [0.3, 0.4) is 0 Å². The fourth-order valence-electron chi connectivity index (χ4n) is 4.64. The van der Waals surface area contributed by atoms with Crippen molar-refractivity contribution in [2.75, 3.05) is 26.2 Å². The molecule has 38 heavy (non-hydrogen) atoms. The first-order valence-corrected chi connectivity index (χ1v) is 12.9. The largest absolute Gasteiger partial charge is 0.508 e. The first kappa shape index (κ1) is 28.9. The van der Waals surface area contributed by atoms with Crippen molar-refractivity contribution in [2.45, 2.75) is 50.7 Å². The Hall–Kier alpha value is -3.67. The van der Waals surface area contributed by atoms with Gasteiger partial charge in [-0.3, -0.25) is 14.4 Å². The van der Waals surface area contributed by atoms with E-state index in [1.54, 1.807) is 31.2 Å². The molecular weight excluding hydrogens is 488 g/mol. The van der Waals surface area contributed by atoms with Crippen LogP contribution in [0.1, 0.15) is 30.9 Å². The van der Waals surface area contributed by atoms with Crippen molar-refractivity contribution in [3.63, 3.8) is 0 Å². The number of likely N-dealkylation sites (N-methyl/N-ethyl adjacent to an activating group) is 1. The molecule has 0 aromatic heterocycles. The van der Waals surface area contributed by atoms with Crippen LogP contribution < -0.4 is 27.8 Å². The van der Waals surface area contributed by atoms with Gasteiger partial charge in [-0.2, -0.15) is 0 Å². The standard InChI is InChI=1S/C27H38N6O5/c1-2-33-22(26(37)31-11-10-29)15-19-13-17(6-8-24(19)35)16-5-7-23(34)18(12-16)14-20(30)25(36)32-21(27(33)38)4-3-9-28/h5-8,12-13,20-22,34-35H,2-4,9-11,14-15,28-30H2,1H3,(H,31,37)(H,32,36)/t20-,21+,22+/m0/s1. The predicted octanol–water partition coefficient (Wildman–Crippen LogP) is -0.294. The van der Waals surface area contributed by atoms with Gasteiger partial charge in [-0.15, -0.1) is 0 Å². The van der Waals surface area contributed by atoms with Crippen LogP contribution in [0, 0.1) is 0 Å². The van der Waals surface area contributed by atoms with Gasteiger partial charge < -0.3 is 42.9 Å². The maximum atomic E-state index is 13.8. The number of nitrogens with two attached hydrogens (primary N) is 3. The lowest BCUT2D eigenvalue weighted by molar-refractivity contribution is -0.143. The van der Waals surface area contributed by atoms with Gasteiger partial charge in [0.05, 0.1) is 6.04 Å². The van der Waals surface area contributed by atoms with Crippen molar-refractivity contribution >= 4 is 17.7 Å². The molecule has 11 nitrogen and oxygen atoms in total. The summed E-state index contributed by atoms with van der Waals surface area (Å²) in [6.45, 7) is 2.66. The zero-order chi connectivity index (χ0) is 27.8. The molecule has 4 bridgehead atoms. The molecular formula is C27H38N6O5. The molecule has 1 heterocycles. The van der Waals surface area contributed by atoms with Gasteiger partial charge in [0.15, 0.2) is 0 Å². The maximum Gasteiger partial charge on any atom is 0.245 e. The Bertz CT molecular complexity index is 1160. The molecule has 1 aliphatic heterocycles. The van der Waals surface area contributed by atoms with E-state index in [1.165, 1.54) is 17.0 Å². The molecule has 0 saturated carbocycles. The van der Waals surface area contributed by atoms with Crippen LogP contribution in [0.5, 0.6) is 11.5 Å². The molecule has 0 radical (unpaired) electrons. The van der Waals surface area contributed by atoms with E-state index in [0.717, 1.165) is 11.1 Å². The van der Waals surface area contributed by atoms with E-state index in [4.69, 9.17) is 17.2 Å². The Morgan fingerprint density at radius 3 is 2.18 bits per heavy atom. The van der Waals surface area contributed by atoms with E-state index < -0.39 is 35.8 Å². The predicted molar refractivity (Wildman–Crippen MR) is 144 cm³/mol. The molecule has 0 aliphatic carbocycles. The number of hydrogen-bond acceptors (Lipinski definition) is 8. The van der Waals surface area contributed by atoms with E-state index in [0.29, 0.717) is 24.1 Å². The lowest BCUT2D eigenvalue weighted by atomic mass is 9.95. The number of nitrogens with one attached hydrogen (secondary N) is 2. The van der Waals surface area contributed by atoms with E-state index in [1.807, 2.05) is 0 Å². The topological polar surface area (TPSA) is 197 Å². The molecule has 206 valence electrons. The normalized spacial score (nSPS) is 20.3. The number of aromatic hydroxyl groups is 2. The molecule has 10 N–H and O–H groups in total. The lowest BCUT2D eigenvalue weighted by Gasteiger charge is -2.33. The van der Waals surface area contributed by atoms with Crippen LogP contribution in [-0.4, -0.2) is 77.1 Å². The molecule has 2 aromatic carbocycles. The van der Waals surface area contributed by atoms with Gasteiger partial charge in [-0.05, 0) is 72.8 Å². The average Bonchev–Trinajstić information content (AvgIpc) is 2.91. The second-order valence-corrected chi connectivity index (χ2v) is 9.41. The van der Waals surface area contributed by atoms with Gasteiger partial charge in [0.1, 0.15) is 23.6 Å². The fraction of sp³-hybridized carbons (Fsp3) is 0.444. The Morgan fingerprint density at radius 2 is 1.63 bits per heavy atom. The SMILES string of the molecule is CCN1C(=O)[C@@H](CCCN)NC(=O)[C@@H](N)Cc2cc(ccc2O)-c2ccc(O)c(c2)C[C@@H]1C(=O)NCCN. The zero-order valence-corrected chi connectivity index (χ0v) is 21.7. The van der Waals surface area contributed by atoms with E-state index in [9.17, 15) is 24.6 Å². The third kappa shape index (κ3) is 6.80. The lowest BCUT2D eigenvalue weighted by Crippen LogP contribution is -2.58. The first-order valence-electron chi connectivity index (χ1n) is 12.9. The molecule has 11 heteroatoms. The number of phenols is 2. The minimum Gasteiger partial charge on any atom is -0.508 e. The number of carbonyl (C=O) groups is 3. The number of nitrogens with zero attached hydrogens (tertiary/aromatic N) is 1. The Balaban J connectivity index is 2.17. The van der Waals surface area contributed by atoms with Crippen LogP contribution in [0.25, 0.3) is 11.1 Å². The average molecular weight is 527 g/mol. The van der Waals surface area contributed by atoms with Crippen LogP contribution in [0.4, 0.5) is 0 Å². The van der Waals surface area contributed by atoms with E-state index in [-0.39, 0.29) is 50.4 Å². The van der Waals surface area contributed by atoms with Crippen molar-refractivity contribution in [2.24, 2.45) is 17.2 Å². The summed E-state index contributed by atoms with van der Waals surface area (Å²) in [6, 6.07) is 6.99. The van der Waals surface area contributed by atoms with Crippen molar-refractivity contribution in [1.29, 1.82) is 0 Å². The number of carbonyl (C=O) groups excluding carboxylic acids is 3. The molecule has 0 unspecified atom stereocenters. The van der Waals surface area contributed by atoms with Gasteiger partial charge in [-0.25, -0.2) is 0 Å². The summed E-state index contributed by atoms with van der Waals surface area (Å²) in [4.78, 5) is 41.6. The summed E-state index contributed by atoms with van der Waals surface area (Å²) in [5.41, 5.74) is 19.9. The highest BCUT2D eigenvalue weighted by molar-refractivity contribution is 5.93. The number of phenolic OH excluding ortho intramolecular Hbond substituents is 2. The molecule has 3 amide bonds. The molecule has 0 saturated heterocycles. The van der Waals surface area contributed by atoms with Crippen molar-refractivity contribution in [1.82, 2.24) is 15.5 Å². The summed E-state index contributed by atoms with van der Waals surface area (Å²) in [5.74, 6) is -1.47. The molecule has 0 fully saturated rings. The maximum absolute atomic E-state index is 13.8. The van der Waals surface area contributed by atoms with Crippen LogP contribution >= 0.6 is 0 Å². The summed E-state index contributed by atoms with van der Waals surface area (Å²) in [7, 11) is 0. The first-order chi connectivity index (χ1) is 18.2. The van der Waals surface area contributed by atoms with Gasteiger partial charge in [-0.1, -0.05) is 12.1 Å². The summed E-state index contributed by atoms with van der Waals surface area (Å²) in [5, 5.41) is 26.6. The Morgan fingerprint density at radius 1 is 1.03 bits per heavy atom. The summed E-state index contributed by atoms with van der Waals surface area (Å²) < 4.78 is 0. The van der Waals surface area contributed by atoms with Crippen LogP contribution in [0.2, 0.25) is 0 Å². The molecule has 3 atom stereocenters. The van der Waals surface area contributed by atoms with Crippen molar-refractivity contribution in [3.05, 3.63) is 47.5 Å². The highest BCUT2D eigenvalue weighted by Gasteiger charge is 2.35. The minimum absolute atomic E-state index is 0.00938. The number of rotatable bonds is 7. The number of fused-ring (bicyclic) bond motifs is 5. The van der Waals surface area contributed by atoms with Crippen molar-refractivity contribution < 1.29 is 24.6 Å². The van der Waals surface area contributed by atoms with Gasteiger partial charge in [0, 0.05) is 32.5 Å². The highest BCUT2D eigenvalue weighted by atomic mass is 16.3. The van der Waals surface area contributed by atoms with Gasteiger partial charge in [0.2, 0.25) is 17.7 Å². The Labute approximate surface area is 222 Å². The molecule has 2 aromatic rings. The molecule has 1 aliphatic rings. The summed E-state index contributed by atoms with van der Waals surface area (Å²) in [6.07, 6.45) is 0.773. The fourth-order valence-corrected chi connectivity index (χ4v) is 4.64. The second-order valence-electron chi connectivity index (χ2n) is 9.41. The quantitative estimate of drug-likeness (QED) is 0.255. The van der Waals surface area contributed by atoms with Gasteiger partial charge in [0.25, 0.3) is 0 Å².